The van der Waals surface area contributed by atoms with Gasteiger partial charge in [0, 0.05) is 25.2 Å². The standard InChI is InChI=1S/C9H18N2O/c1-7-3-10-4-8(2)11(7)9-5-12-6-9/h7-10H,3-6H2,1-2H3/t7-,8+. The van der Waals surface area contributed by atoms with Crippen LogP contribution in [0.25, 0.3) is 0 Å². The number of nitrogens with one attached hydrogen (secondary N) is 1. The fourth-order valence-electron chi connectivity index (χ4n) is 2.26. The van der Waals surface area contributed by atoms with Gasteiger partial charge in [-0.15, -0.1) is 0 Å². The zero-order valence-corrected chi connectivity index (χ0v) is 7.92. The molecule has 2 rings (SSSR count). The molecule has 0 amide bonds. The Balaban J connectivity index is 1.97. The van der Waals surface area contributed by atoms with Crippen molar-refractivity contribution in [3.8, 4) is 0 Å². The van der Waals surface area contributed by atoms with E-state index in [1.807, 2.05) is 0 Å². The first kappa shape index (κ1) is 8.48. The Morgan fingerprint density at radius 3 is 2.17 bits per heavy atom. The van der Waals surface area contributed by atoms with Gasteiger partial charge in [0.1, 0.15) is 0 Å². The van der Waals surface area contributed by atoms with Crippen molar-refractivity contribution in [1.82, 2.24) is 10.2 Å². The SMILES string of the molecule is C[C@@H]1CNC[C@H](C)N1C1COC1. The Labute approximate surface area is 74.1 Å². The maximum absolute atomic E-state index is 5.22. The predicted molar refractivity (Wildman–Crippen MR) is 48.2 cm³/mol. The van der Waals surface area contributed by atoms with Gasteiger partial charge in [-0.05, 0) is 13.8 Å². The third-order valence-electron chi connectivity index (χ3n) is 2.94. The highest BCUT2D eigenvalue weighted by Gasteiger charge is 2.34. The fourth-order valence-corrected chi connectivity index (χ4v) is 2.26. The minimum absolute atomic E-state index is 0.669. The van der Waals surface area contributed by atoms with Crippen LogP contribution in [0, 0.1) is 0 Å². The molecule has 1 N–H and O–H groups in total. The van der Waals surface area contributed by atoms with E-state index in [4.69, 9.17) is 4.74 Å². The number of hydrogen-bond donors (Lipinski definition) is 1. The Morgan fingerprint density at radius 2 is 1.75 bits per heavy atom. The average molecular weight is 170 g/mol. The largest absolute Gasteiger partial charge is 0.378 e. The van der Waals surface area contributed by atoms with Crippen molar-refractivity contribution in [2.75, 3.05) is 26.3 Å². The second-order valence-corrected chi connectivity index (χ2v) is 3.99. The van der Waals surface area contributed by atoms with E-state index in [0.29, 0.717) is 18.1 Å². The summed E-state index contributed by atoms with van der Waals surface area (Å²) in [6, 6.07) is 2.03. The summed E-state index contributed by atoms with van der Waals surface area (Å²) in [5.41, 5.74) is 0. The van der Waals surface area contributed by atoms with Gasteiger partial charge >= 0.3 is 0 Å². The van der Waals surface area contributed by atoms with Gasteiger partial charge in [0.05, 0.1) is 19.3 Å². The molecule has 2 atom stereocenters. The molecular weight excluding hydrogens is 152 g/mol. The zero-order chi connectivity index (χ0) is 8.55. The summed E-state index contributed by atoms with van der Waals surface area (Å²) in [6.07, 6.45) is 0. The van der Waals surface area contributed by atoms with Gasteiger partial charge in [-0.1, -0.05) is 0 Å². The molecule has 0 saturated carbocycles. The van der Waals surface area contributed by atoms with Crippen LogP contribution in [0.2, 0.25) is 0 Å². The van der Waals surface area contributed by atoms with E-state index in [2.05, 4.69) is 24.1 Å². The molecule has 0 bridgehead atoms. The van der Waals surface area contributed by atoms with Gasteiger partial charge in [-0.2, -0.15) is 0 Å². The number of ether oxygens (including phenoxy) is 1. The highest BCUT2D eigenvalue weighted by Crippen LogP contribution is 2.19. The van der Waals surface area contributed by atoms with Gasteiger partial charge in [0.15, 0.2) is 0 Å². The normalized spacial score (nSPS) is 39.5. The third-order valence-corrected chi connectivity index (χ3v) is 2.94. The Kier molecular flexibility index (Phi) is 2.35. The van der Waals surface area contributed by atoms with Gasteiger partial charge in [0.25, 0.3) is 0 Å². The Morgan fingerprint density at radius 1 is 1.17 bits per heavy atom. The zero-order valence-electron chi connectivity index (χ0n) is 7.92. The van der Waals surface area contributed by atoms with Crippen molar-refractivity contribution in [2.45, 2.75) is 32.0 Å². The van der Waals surface area contributed by atoms with Crippen LogP contribution in [0.3, 0.4) is 0 Å². The first-order valence-corrected chi connectivity index (χ1v) is 4.85. The van der Waals surface area contributed by atoms with E-state index < -0.39 is 0 Å². The summed E-state index contributed by atoms with van der Waals surface area (Å²) in [4.78, 5) is 2.60. The molecule has 0 spiro atoms. The molecule has 0 aromatic rings. The summed E-state index contributed by atoms with van der Waals surface area (Å²) in [5, 5.41) is 3.43. The van der Waals surface area contributed by atoms with Crippen molar-refractivity contribution in [2.24, 2.45) is 0 Å². The van der Waals surface area contributed by atoms with Crippen molar-refractivity contribution in [3.63, 3.8) is 0 Å². The maximum atomic E-state index is 5.22. The molecule has 0 aromatic heterocycles. The monoisotopic (exact) mass is 170 g/mol. The lowest BCUT2D eigenvalue weighted by Crippen LogP contribution is -2.63. The molecule has 3 nitrogen and oxygen atoms in total. The molecular formula is C9H18N2O. The minimum Gasteiger partial charge on any atom is -0.378 e. The van der Waals surface area contributed by atoms with E-state index in [0.717, 1.165) is 26.3 Å². The molecule has 2 aliphatic rings. The van der Waals surface area contributed by atoms with Gasteiger partial charge in [0.2, 0.25) is 0 Å². The molecule has 0 aliphatic carbocycles. The fraction of sp³-hybridized carbons (Fsp3) is 1.00. The Bertz CT molecular complexity index is 146. The molecule has 0 radical (unpaired) electrons. The van der Waals surface area contributed by atoms with Crippen LogP contribution in [0.5, 0.6) is 0 Å². The first-order valence-electron chi connectivity index (χ1n) is 4.85. The van der Waals surface area contributed by atoms with Crippen LogP contribution in [-0.2, 0) is 4.74 Å². The second kappa shape index (κ2) is 3.32. The minimum atomic E-state index is 0.669. The summed E-state index contributed by atoms with van der Waals surface area (Å²) >= 11 is 0. The summed E-state index contributed by atoms with van der Waals surface area (Å²) in [7, 11) is 0. The molecule has 0 aromatic carbocycles. The average Bonchev–Trinajstić information content (AvgIpc) is 1.93. The number of rotatable bonds is 1. The van der Waals surface area contributed by atoms with E-state index in [9.17, 15) is 0 Å². The van der Waals surface area contributed by atoms with Crippen LogP contribution >= 0.6 is 0 Å². The van der Waals surface area contributed by atoms with E-state index in [-0.39, 0.29) is 0 Å². The lowest BCUT2D eigenvalue weighted by atomic mass is 10.0. The second-order valence-electron chi connectivity index (χ2n) is 3.99. The molecule has 70 valence electrons. The van der Waals surface area contributed by atoms with Crippen molar-refractivity contribution < 1.29 is 4.74 Å². The van der Waals surface area contributed by atoms with Gasteiger partial charge in [-0.3, -0.25) is 4.90 Å². The van der Waals surface area contributed by atoms with Gasteiger partial charge in [-0.25, -0.2) is 0 Å². The molecule has 0 unspecified atom stereocenters. The van der Waals surface area contributed by atoms with E-state index >= 15 is 0 Å². The molecule has 2 aliphatic heterocycles. The lowest BCUT2D eigenvalue weighted by molar-refractivity contribution is -0.0969. The van der Waals surface area contributed by atoms with Crippen LogP contribution in [0.1, 0.15) is 13.8 Å². The van der Waals surface area contributed by atoms with Crippen LogP contribution in [0.15, 0.2) is 0 Å². The van der Waals surface area contributed by atoms with Crippen molar-refractivity contribution in [3.05, 3.63) is 0 Å². The van der Waals surface area contributed by atoms with Gasteiger partial charge < -0.3 is 10.1 Å². The Hall–Kier alpha value is -0.120. The number of nitrogens with zero attached hydrogens (tertiary/aromatic N) is 1. The van der Waals surface area contributed by atoms with Crippen LogP contribution in [0.4, 0.5) is 0 Å². The smallest absolute Gasteiger partial charge is 0.0645 e. The number of hydrogen-bond acceptors (Lipinski definition) is 3. The van der Waals surface area contributed by atoms with E-state index in [1.165, 1.54) is 0 Å². The summed E-state index contributed by atoms with van der Waals surface area (Å²) in [5.74, 6) is 0. The molecule has 2 heterocycles. The molecule has 2 fully saturated rings. The maximum Gasteiger partial charge on any atom is 0.0645 e. The topological polar surface area (TPSA) is 24.5 Å². The summed E-state index contributed by atoms with van der Waals surface area (Å²) < 4.78 is 5.22. The van der Waals surface area contributed by atoms with Crippen LogP contribution < -0.4 is 5.32 Å². The predicted octanol–water partition coefficient (Wildman–Crippen LogP) is 0.0674. The number of piperazine rings is 1. The quantitative estimate of drug-likeness (QED) is 0.602. The third kappa shape index (κ3) is 1.37. The summed E-state index contributed by atoms with van der Waals surface area (Å²) in [6.45, 7) is 8.72. The molecule has 12 heavy (non-hydrogen) atoms. The van der Waals surface area contributed by atoms with Crippen molar-refractivity contribution >= 4 is 0 Å². The van der Waals surface area contributed by atoms with E-state index in [1.54, 1.807) is 0 Å². The van der Waals surface area contributed by atoms with Crippen LogP contribution in [-0.4, -0.2) is 49.3 Å². The lowest BCUT2D eigenvalue weighted by Gasteiger charge is -2.47. The molecule has 3 heteroatoms. The molecule has 2 saturated heterocycles. The highest BCUT2D eigenvalue weighted by molar-refractivity contribution is 4.90. The first-order chi connectivity index (χ1) is 5.79. The van der Waals surface area contributed by atoms with Crippen molar-refractivity contribution in [1.29, 1.82) is 0 Å². The highest BCUT2D eigenvalue weighted by atomic mass is 16.5.